The number of benzene rings is 14. The predicted molar refractivity (Wildman–Crippen MR) is 586 cm³/mol. The summed E-state index contributed by atoms with van der Waals surface area (Å²) in [6.07, 6.45) is 0. The van der Waals surface area contributed by atoms with E-state index in [4.69, 9.17) is 58.7 Å². The van der Waals surface area contributed by atoms with Crippen LogP contribution in [0, 0.1) is 0 Å². The second-order valence-electron chi connectivity index (χ2n) is 40.3. The molecule has 0 spiro atoms. The quantitative estimate of drug-likeness (QED) is 0.135. The normalized spacial score (nSPS) is 12.0. The van der Waals surface area contributed by atoms with Gasteiger partial charge in [-0.2, -0.15) is 0 Å². The van der Waals surface area contributed by atoms with Crippen molar-refractivity contribution in [3.63, 3.8) is 0 Å². The molecule has 0 bridgehead atoms. The molecule has 0 amide bonds. The second kappa shape index (κ2) is 37.7. The zero-order chi connectivity index (χ0) is 96.1. The first-order valence-electron chi connectivity index (χ1n) is 47.2. The number of rotatable bonds is 9. The van der Waals surface area contributed by atoms with Crippen molar-refractivity contribution in [2.45, 2.75) is 131 Å². The van der Waals surface area contributed by atoms with Crippen LogP contribution >= 0.6 is 34.0 Å². The van der Waals surface area contributed by atoms with E-state index < -0.39 is 0 Å². The molecule has 15 heteroatoms. The van der Waals surface area contributed by atoms with Crippen LogP contribution in [0.15, 0.2) is 379 Å². The minimum absolute atomic E-state index is 0.0826. The van der Waals surface area contributed by atoms with Gasteiger partial charge in [0.25, 0.3) is 0 Å². The molecule has 0 fully saturated rings. The molecule has 0 radical (unpaired) electrons. The minimum Gasteiger partial charge on any atom is -0.452 e. The highest BCUT2D eigenvalue weighted by Gasteiger charge is 2.30. The molecular weight excluding hydrogens is 1760 g/mol. The number of nitrogens with zero attached hydrogens (tertiary/aromatic N) is 10. The first-order chi connectivity index (χ1) is 67.1. The molecule has 14 aromatic carbocycles. The van der Waals surface area contributed by atoms with Crippen LogP contribution < -0.4 is 0 Å². The van der Waals surface area contributed by atoms with Gasteiger partial charge in [0.15, 0.2) is 11.2 Å². The van der Waals surface area contributed by atoms with Gasteiger partial charge in [-0.3, -0.25) is 0 Å². The summed E-state index contributed by atoms with van der Waals surface area (Å²) >= 11 is 5.33. The molecule has 0 aliphatic carbocycles. The number of hydrogen-bond acceptors (Lipinski definition) is 15. The van der Waals surface area contributed by atoms with E-state index in [0.29, 0.717) is 0 Å². The number of thiophene rings is 3. The van der Waals surface area contributed by atoms with Crippen molar-refractivity contribution in [2.75, 3.05) is 0 Å². The lowest BCUT2D eigenvalue weighted by Gasteiger charge is -2.18. The lowest BCUT2D eigenvalue weighted by atomic mass is 9.95. The average Bonchev–Trinajstić information content (AvgIpc) is 1.68. The summed E-state index contributed by atoms with van der Waals surface area (Å²) in [5.41, 5.74) is 27.3. The Morgan fingerprint density at radius 1 is 0.173 bits per heavy atom. The summed E-state index contributed by atoms with van der Waals surface area (Å²) in [5, 5.41) is 5.69. The van der Waals surface area contributed by atoms with Gasteiger partial charge in [0.2, 0.25) is 0 Å². The van der Waals surface area contributed by atoms with E-state index in [0.717, 1.165) is 161 Å². The van der Waals surface area contributed by atoms with E-state index in [-0.39, 0.29) is 27.1 Å². The number of aromatic nitrogens is 10. The summed E-state index contributed by atoms with van der Waals surface area (Å²) in [6.45, 7) is 32.4. The Kier molecular flexibility index (Phi) is 24.8. The van der Waals surface area contributed by atoms with Gasteiger partial charge >= 0.3 is 0 Å². The molecule has 10 aromatic heterocycles. The maximum Gasteiger partial charge on any atom is 0.180 e. The van der Waals surface area contributed by atoms with E-state index in [2.05, 4.69) is 407 Å². The first-order valence-corrected chi connectivity index (χ1v) is 49.7. The fraction of sp³-hybridized carbons (Fsp3) is 0.161. The zero-order valence-corrected chi connectivity index (χ0v) is 83.2. The average molecular weight is 1860 g/mol. The largest absolute Gasteiger partial charge is 0.452 e. The minimum atomic E-state index is -0.168. The third-order valence-corrected chi connectivity index (χ3v) is 28.0. The van der Waals surface area contributed by atoms with Crippen LogP contribution in [0.3, 0.4) is 0 Å². The number of hydrogen-bond donors (Lipinski definition) is 0. The molecule has 12 nitrogen and oxygen atoms in total. The van der Waals surface area contributed by atoms with Gasteiger partial charge in [-0.1, -0.05) is 419 Å². The third kappa shape index (κ3) is 19.1. The smallest absolute Gasteiger partial charge is 0.180 e. The second-order valence-corrected chi connectivity index (χ2v) is 43.4. The Morgan fingerprint density at radius 3 is 0.705 bits per heavy atom. The van der Waals surface area contributed by atoms with Crippen molar-refractivity contribution >= 4 is 139 Å². The fourth-order valence-electron chi connectivity index (χ4n) is 17.1. The Morgan fingerprint density at radius 2 is 0.381 bits per heavy atom. The third-order valence-electron chi connectivity index (χ3n) is 24.5. The summed E-state index contributed by atoms with van der Waals surface area (Å²) in [6, 6.07) is 128. The molecule has 24 rings (SSSR count). The van der Waals surface area contributed by atoms with Crippen molar-refractivity contribution < 1.29 is 8.83 Å². The van der Waals surface area contributed by atoms with E-state index in [1.807, 2.05) is 66.7 Å². The van der Waals surface area contributed by atoms with Crippen molar-refractivity contribution in [1.82, 2.24) is 49.8 Å². The maximum absolute atomic E-state index is 6.23. The van der Waals surface area contributed by atoms with E-state index in [1.54, 1.807) is 34.0 Å². The van der Waals surface area contributed by atoms with Crippen LogP contribution in [0.2, 0.25) is 0 Å². The van der Waals surface area contributed by atoms with Crippen LogP contribution in [0.4, 0.5) is 0 Å². The van der Waals surface area contributed by atoms with E-state index >= 15 is 0 Å². The van der Waals surface area contributed by atoms with Crippen LogP contribution in [0.1, 0.15) is 133 Å². The maximum atomic E-state index is 6.23. The molecule has 0 aliphatic heterocycles. The van der Waals surface area contributed by atoms with Crippen LogP contribution in [0.25, 0.3) is 206 Å². The Labute approximate surface area is 822 Å². The van der Waals surface area contributed by atoms with Crippen molar-refractivity contribution in [2.24, 2.45) is 0 Å². The molecule has 0 aliphatic rings. The van der Waals surface area contributed by atoms with Gasteiger partial charge in [-0.15, -0.1) is 34.0 Å². The Hall–Kier alpha value is -15.3. The van der Waals surface area contributed by atoms with Gasteiger partial charge in [0.05, 0.1) is 47.7 Å². The molecule has 10 heterocycles. The number of para-hydroxylation sites is 2. The lowest BCUT2D eigenvalue weighted by Crippen LogP contribution is -2.16. The molecule has 24 aromatic rings. The van der Waals surface area contributed by atoms with Crippen LogP contribution in [-0.2, 0) is 27.1 Å². The highest BCUT2D eigenvalue weighted by Crippen LogP contribution is 2.46. The Balaban J connectivity index is 0.000000107. The molecule has 139 heavy (non-hydrogen) atoms. The zero-order valence-electron chi connectivity index (χ0n) is 80.7. The summed E-state index contributed by atoms with van der Waals surface area (Å²) in [5.74, 6) is 4.30. The molecule has 682 valence electrons. The van der Waals surface area contributed by atoms with Gasteiger partial charge in [0, 0.05) is 95.9 Å². The molecular formula is C124H106N10O2S3. The summed E-state index contributed by atoms with van der Waals surface area (Å²) < 4.78 is 19.7. The Bertz CT molecular complexity index is 8190. The van der Waals surface area contributed by atoms with E-state index in [1.165, 1.54) is 73.9 Å². The summed E-state index contributed by atoms with van der Waals surface area (Å²) in [4.78, 5) is 49.6. The molecule has 0 saturated heterocycles. The highest BCUT2D eigenvalue weighted by molar-refractivity contribution is 7.27. The van der Waals surface area contributed by atoms with Crippen LogP contribution in [0.5, 0.6) is 0 Å². The van der Waals surface area contributed by atoms with Crippen molar-refractivity contribution in [3.8, 4) is 101 Å². The molecule has 0 saturated carbocycles. The van der Waals surface area contributed by atoms with E-state index in [9.17, 15) is 0 Å². The predicted octanol–water partition coefficient (Wildman–Crippen LogP) is 34.8. The topological polar surface area (TPSA) is 155 Å². The fourth-order valence-corrected chi connectivity index (χ4v) is 20.5. The van der Waals surface area contributed by atoms with Crippen LogP contribution in [-0.4, -0.2) is 49.8 Å². The molecule has 0 atom stereocenters. The molecule has 0 N–H and O–H groups in total. The van der Waals surface area contributed by atoms with Gasteiger partial charge in [0.1, 0.15) is 62.7 Å². The van der Waals surface area contributed by atoms with Gasteiger partial charge in [-0.05, 0) is 99.1 Å². The highest BCUT2D eigenvalue weighted by atomic mass is 32.1. The van der Waals surface area contributed by atoms with Crippen molar-refractivity contribution in [1.29, 1.82) is 0 Å². The number of fused-ring (bicyclic) bond motifs is 15. The van der Waals surface area contributed by atoms with Gasteiger partial charge in [-0.25, -0.2) is 49.8 Å². The summed E-state index contributed by atoms with van der Waals surface area (Å²) in [7, 11) is 0. The first kappa shape index (κ1) is 91.5. The standard InChI is InChI=1S/2C26H22N2O.2C26H22N2S.C20H18N2S/c1-26(2,3)25-27-22(24-23(28-25)20-14-7-8-15-21(20)29-24)19-13-9-12-18(16-19)17-10-5-4-6-11-17;1-26(2,3)25-27-22(24-23(28-25)20-11-7-8-12-21(20)29-24)19-15-13-18(14-16-19)17-9-5-4-6-10-17;1-26(2,3)25-27-22(24-23(28-25)20-14-7-8-15-21(20)29-24)19-13-9-12-18(16-19)17-10-5-4-6-11-17;1-26(2,3)25-27-22(24-23(28-25)20-11-7-8-12-21(20)29-24)19-15-13-18(14-16-19)17-9-5-4-6-10-17;1-20(2,3)19-21-16(13-9-5-4-6-10-13)18-17(22-19)14-11-7-8-12-15(14)23-18/h4*4-16H,1-3H3;4-12H,1-3H3. The molecule has 0 unspecified atom stereocenters. The lowest BCUT2D eigenvalue weighted by molar-refractivity contribution is 0.547. The van der Waals surface area contributed by atoms with Gasteiger partial charge < -0.3 is 8.83 Å². The van der Waals surface area contributed by atoms with Crippen molar-refractivity contribution in [3.05, 3.63) is 399 Å². The monoisotopic (exact) mass is 1860 g/mol. The number of furan rings is 2. The SMILES string of the molecule is CC(C)(C)c1nc(-c2ccc(-c3ccccc3)cc2)c2oc3ccccc3c2n1.CC(C)(C)c1nc(-c2ccc(-c3ccccc3)cc2)c2sc3ccccc3c2n1.CC(C)(C)c1nc(-c2cccc(-c3ccccc3)c2)c2oc3ccccc3c2n1.CC(C)(C)c1nc(-c2cccc(-c3ccccc3)c2)c2sc3ccccc3c2n1.CC(C)(C)c1nc(-c2ccccc2)c2sc3ccccc3c2n1.